The summed E-state index contributed by atoms with van der Waals surface area (Å²) >= 11 is 2.10. The molecule has 2 aromatic carbocycles. The van der Waals surface area contributed by atoms with Crippen molar-refractivity contribution in [1.29, 1.82) is 0 Å². The molecule has 7 heteroatoms. The maximum absolute atomic E-state index is 11.9. The lowest BCUT2D eigenvalue weighted by molar-refractivity contribution is -0.119. The number of nitrogens with one attached hydrogen (secondary N) is 1. The van der Waals surface area contributed by atoms with E-state index in [0.717, 1.165) is 3.57 Å². The fraction of sp³-hybridized carbons (Fsp3) is 0.125. The second-order valence-corrected chi connectivity index (χ2v) is 5.95. The van der Waals surface area contributed by atoms with Crippen LogP contribution in [0.4, 0.5) is 5.69 Å². The second-order valence-electron chi connectivity index (χ2n) is 4.70. The fourth-order valence-electron chi connectivity index (χ4n) is 2.00. The first kappa shape index (κ1) is 15.6. The highest BCUT2D eigenvalue weighted by molar-refractivity contribution is 14.1. The smallest absolute Gasteiger partial charge is 0.338 e. The van der Waals surface area contributed by atoms with Crippen LogP contribution in [0, 0.1) is 3.57 Å². The Kier molecular flexibility index (Phi) is 4.65. The number of rotatable bonds is 4. The molecule has 6 nitrogen and oxygen atoms in total. The molecule has 0 aromatic heterocycles. The van der Waals surface area contributed by atoms with E-state index in [1.165, 1.54) is 0 Å². The Morgan fingerprint density at radius 2 is 1.96 bits per heavy atom. The van der Waals surface area contributed by atoms with Crippen molar-refractivity contribution in [2.75, 3.05) is 18.7 Å². The van der Waals surface area contributed by atoms with Gasteiger partial charge in [-0.2, -0.15) is 0 Å². The fourth-order valence-corrected chi connectivity index (χ4v) is 2.54. The molecule has 0 aliphatic carbocycles. The minimum absolute atomic E-state index is 0.167. The van der Waals surface area contributed by atoms with Crippen molar-refractivity contribution in [3.05, 3.63) is 51.6 Å². The average molecular weight is 425 g/mol. The summed E-state index contributed by atoms with van der Waals surface area (Å²) < 4.78 is 16.3. The van der Waals surface area contributed by atoms with Gasteiger partial charge < -0.3 is 19.5 Å². The maximum Gasteiger partial charge on any atom is 0.338 e. The van der Waals surface area contributed by atoms with Gasteiger partial charge >= 0.3 is 5.97 Å². The van der Waals surface area contributed by atoms with Gasteiger partial charge in [-0.3, -0.25) is 4.79 Å². The van der Waals surface area contributed by atoms with E-state index in [2.05, 4.69) is 27.9 Å². The van der Waals surface area contributed by atoms with Gasteiger partial charge in [0.15, 0.2) is 18.1 Å². The second kappa shape index (κ2) is 6.86. The molecule has 0 bridgehead atoms. The summed E-state index contributed by atoms with van der Waals surface area (Å²) in [4.78, 5) is 23.7. The van der Waals surface area contributed by atoms with Crippen molar-refractivity contribution in [3.8, 4) is 11.5 Å². The number of hydrogen-bond donors (Lipinski definition) is 1. The molecule has 0 spiro atoms. The van der Waals surface area contributed by atoms with E-state index >= 15 is 0 Å². The summed E-state index contributed by atoms with van der Waals surface area (Å²) in [5.74, 6) is 0.235. The number of anilines is 1. The minimum atomic E-state index is -0.538. The molecule has 1 aliphatic heterocycles. The van der Waals surface area contributed by atoms with Gasteiger partial charge in [0.1, 0.15) is 0 Å². The molecular weight excluding hydrogens is 413 g/mol. The van der Waals surface area contributed by atoms with Crippen LogP contribution in [-0.4, -0.2) is 25.3 Å². The summed E-state index contributed by atoms with van der Waals surface area (Å²) in [6.45, 7) is -0.195. The van der Waals surface area contributed by atoms with Gasteiger partial charge in [-0.05, 0) is 52.9 Å². The Morgan fingerprint density at radius 3 is 2.78 bits per heavy atom. The topological polar surface area (TPSA) is 73.9 Å². The van der Waals surface area contributed by atoms with Gasteiger partial charge in [0.2, 0.25) is 6.79 Å². The highest BCUT2D eigenvalue weighted by Crippen LogP contribution is 2.34. The van der Waals surface area contributed by atoms with Crippen molar-refractivity contribution >= 4 is 40.2 Å². The van der Waals surface area contributed by atoms with Crippen LogP contribution in [0.1, 0.15) is 10.4 Å². The largest absolute Gasteiger partial charge is 0.454 e. The quantitative estimate of drug-likeness (QED) is 0.603. The number of carbonyl (C=O) groups excluding carboxylic acids is 2. The van der Waals surface area contributed by atoms with Crippen molar-refractivity contribution < 1.29 is 23.8 Å². The molecule has 0 saturated heterocycles. The first-order chi connectivity index (χ1) is 11.1. The van der Waals surface area contributed by atoms with Crippen molar-refractivity contribution in [2.24, 2.45) is 0 Å². The normalized spacial score (nSPS) is 11.9. The Labute approximate surface area is 145 Å². The zero-order valence-electron chi connectivity index (χ0n) is 11.9. The van der Waals surface area contributed by atoms with Crippen molar-refractivity contribution in [3.63, 3.8) is 0 Å². The molecule has 1 N–H and O–H groups in total. The van der Waals surface area contributed by atoms with E-state index < -0.39 is 11.9 Å². The number of benzene rings is 2. The van der Waals surface area contributed by atoms with Crippen LogP contribution < -0.4 is 14.8 Å². The molecule has 23 heavy (non-hydrogen) atoms. The van der Waals surface area contributed by atoms with Crippen molar-refractivity contribution in [2.45, 2.75) is 0 Å². The lowest BCUT2D eigenvalue weighted by atomic mass is 10.2. The third-order valence-corrected chi connectivity index (χ3v) is 3.72. The number of amides is 1. The number of fused-ring (bicyclic) bond motifs is 1. The lowest BCUT2D eigenvalue weighted by Gasteiger charge is -2.07. The zero-order valence-corrected chi connectivity index (χ0v) is 14.0. The lowest BCUT2D eigenvalue weighted by Crippen LogP contribution is -2.20. The molecule has 118 valence electrons. The van der Waals surface area contributed by atoms with E-state index in [-0.39, 0.29) is 13.4 Å². The molecule has 1 heterocycles. The van der Waals surface area contributed by atoms with Crippen LogP contribution in [0.3, 0.4) is 0 Å². The summed E-state index contributed by atoms with van der Waals surface area (Å²) in [5, 5.41) is 2.64. The van der Waals surface area contributed by atoms with Crippen LogP contribution in [0.5, 0.6) is 11.5 Å². The summed E-state index contributed by atoms with van der Waals surface area (Å²) in [6.07, 6.45) is 0. The molecule has 0 saturated carbocycles. The Morgan fingerprint density at radius 1 is 1.13 bits per heavy atom. The van der Waals surface area contributed by atoms with Crippen LogP contribution in [0.2, 0.25) is 0 Å². The van der Waals surface area contributed by atoms with E-state index in [1.807, 2.05) is 6.07 Å². The highest BCUT2D eigenvalue weighted by atomic mass is 127. The van der Waals surface area contributed by atoms with Crippen molar-refractivity contribution in [1.82, 2.24) is 0 Å². The zero-order chi connectivity index (χ0) is 16.2. The number of esters is 1. The van der Waals surface area contributed by atoms with E-state index in [4.69, 9.17) is 14.2 Å². The predicted molar refractivity (Wildman–Crippen MR) is 90.6 cm³/mol. The van der Waals surface area contributed by atoms with E-state index in [1.54, 1.807) is 36.4 Å². The number of ether oxygens (including phenoxy) is 3. The van der Waals surface area contributed by atoms with Crippen LogP contribution in [-0.2, 0) is 9.53 Å². The van der Waals surface area contributed by atoms with E-state index in [0.29, 0.717) is 22.7 Å². The number of hydrogen-bond acceptors (Lipinski definition) is 5. The van der Waals surface area contributed by atoms with E-state index in [9.17, 15) is 9.59 Å². The van der Waals surface area contributed by atoms with Gasteiger partial charge in [0.05, 0.1) is 5.56 Å². The molecule has 1 amide bonds. The SMILES string of the molecule is O=C(COC(=O)c1cccc(I)c1)Nc1ccc2c(c1)OCO2. The number of halogens is 1. The molecule has 2 aromatic rings. The van der Waals surface area contributed by atoms with Gasteiger partial charge in [-0.25, -0.2) is 4.79 Å². The Balaban J connectivity index is 1.54. The average Bonchev–Trinajstić information content (AvgIpc) is 3.00. The van der Waals surface area contributed by atoms with Gasteiger partial charge in [-0.15, -0.1) is 0 Å². The predicted octanol–water partition coefficient (Wildman–Crippen LogP) is 2.82. The number of carbonyl (C=O) groups is 2. The molecule has 0 fully saturated rings. The summed E-state index contributed by atoms with van der Waals surface area (Å²) in [5.41, 5.74) is 0.956. The maximum atomic E-state index is 11.9. The Hall–Kier alpha value is -2.29. The van der Waals surface area contributed by atoms with Gasteiger partial charge in [0.25, 0.3) is 5.91 Å². The summed E-state index contributed by atoms with van der Waals surface area (Å²) in [6, 6.07) is 12.0. The van der Waals surface area contributed by atoms with Crippen LogP contribution >= 0.6 is 22.6 Å². The highest BCUT2D eigenvalue weighted by Gasteiger charge is 2.15. The third-order valence-electron chi connectivity index (χ3n) is 3.05. The van der Waals surface area contributed by atoms with Crippen LogP contribution in [0.15, 0.2) is 42.5 Å². The monoisotopic (exact) mass is 425 g/mol. The van der Waals surface area contributed by atoms with Gasteiger partial charge in [-0.1, -0.05) is 6.07 Å². The molecule has 0 radical (unpaired) electrons. The first-order valence-corrected chi connectivity index (χ1v) is 7.82. The third kappa shape index (κ3) is 3.92. The first-order valence-electron chi connectivity index (χ1n) is 6.74. The Bertz CT molecular complexity index is 762. The minimum Gasteiger partial charge on any atom is -0.454 e. The standard InChI is InChI=1S/C16H12INO5/c17-11-3-1-2-10(6-11)16(20)21-8-15(19)18-12-4-5-13-14(7-12)23-9-22-13/h1-7H,8-9H2,(H,18,19). The van der Waals surface area contributed by atoms with Gasteiger partial charge in [0, 0.05) is 15.3 Å². The molecular formula is C16H12INO5. The molecule has 1 aliphatic rings. The molecule has 3 rings (SSSR count). The molecule has 0 atom stereocenters. The van der Waals surface area contributed by atoms with Crippen LogP contribution in [0.25, 0.3) is 0 Å². The molecule has 0 unspecified atom stereocenters. The summed E-state index contributed by atoms with van der Waals surface area (Å²) in [7, 11) is 0.